The second-order valence-corrected chi connectivity index (χ2v) is 7.05. The molecule has 1 fully saturated rings. The van der Waals surface area contributed by atoms with Crippen LogP contribution in [-0.4, -0.2) is 66.1 Å². The summed E-state index contributed by atoms with van der Waals surface area (Å²) < 4.78 is 5.00. The van der Waals surface area contributed by atoms with E-state index >= 15 is 0 Å². The van der Waals surface area contributed by atoms with Gasteiger partial charge in [0.25, 0.3) is 5.56 Å². The average Bonchev–Trinajstić information content (AvgIpc) is 3.31. The zero-order valence-electron chi connectivity index (χ0n) is 15.9. The highest BCUT2D eigenvalue weighted by atomic mass is 16.3. The van der Waals surface area contributed by atoms with Crippen LogP contribution in [0, 0.1) is 0 Å². The summed E-state index contributed by atoms with van der Waals surface area (Å²) in [6.45, 7) is 2.37. The van der Waals surface area contributed by atoms with E-state index < -0.39 is 0 Å². The highest BCUT2D eigenvalue weighted by molar-refractivity contribution is 5.74. The van der Waals surface area contributed by atoms with Crippen LogP contribution < -0.4 is 15.8 Å². The number of urea groups is 1. The van der Waals surface area contributed by atoms with Crippen LogP contribution in [0.15, 0.2) is 33.9 Å². The normalized spacial score (nSPS) is 16.7. The Hall–Kier alpha value is -2.81. The molecule has 3 heterocycles. The lowest BCUT2D eigenvalue weighted by atomic mass is 10.2. The molecule has 1 atom stereocenters. The van der Waals surface area contributed by atoms with Crippen molar-refractivity contribution >= 4 is 12.0 Å². The highest BCUT2D eigenvalue weighted by Crippen LogP contribution is 2.16. The number of aromatic nitrogens is 2. The quantitative estimate of drug-likeness (QED) is 0.778. The Balaban J connectivity index is 1.53. The van der Waals surface area contributed by atoms with Gasteiger partial charge in [-0.3, -0.25) is 14.7 Å². The second kappa shape index (κ2) is 8.26. The van der Waals surface area contributed by atoms with Crippen molar-refractivity contribution in [3.8, 4) is 0 Å². The summed E-state index contributed by atoms with van der Waals surface area (Å²) in [5.74, 6) is 0.539. The van der Waals surface area contributed by atoms with Gasteiger partial charge in [-0.25, -0.2) is 9.78 Å². The molecule has 0 aromatic carbocycles. The van der Waals surface area contributed by atoms with E-state index in [1.165, 1.54) is 6.07 Å². The molecule has 1 saturated heterocycles. The minimum absolute atomic E-state index is 0.0729. The Morgan fingerprint density at radius 3 is 2.96 bits per heavy atom. The summed E-state index contributed by atoms with van der Waals surface area (Å²) in [5.41, 5.74) is 1.49. The first-order valence-electron chi connectivity index (χ1n) is 8.94. The number of hydrogen-bond donors (Lipinski definition) is 2. The van der Waals surface area contributed by atoms with E-state index in [1.54, 1.807) is 17.4 Å². The number of H-pyrrole nitrogens is 1. The van der Waals surface area contributed by atoms with Gasteiger partial charge in [0.15, 0.2) is 0 Å². The Labute approximate surface area is 158 Å². The number of likely N-dealkylation sites (tertiary alicyclic amines) is 1. The molecule has 9 heteroatoms. The van der Waals surface area contributed by atoms with Gasteiger partial charge in [0.05, 0.1) is 18.2 Å². The van der Waals surface area contributed by atoms with Crippen LogP contribution >= 0.6 is 0 Å². The molecule has 2 aromatic rings. The first kappa shape index (κ1) is 19.0. The van der Waals surface area contributed by atoms with Gasteiger partial charge in [-0.2, -0.15) is 0 Å². The van der Waals surface area contributed by atoms with Crippen LogP contribution in [-0.2, 0) is 13.1 Å². The van der Waals surface area contributed by atoms with E-state index in [4.69, 9.17) is 4.42 Å². The number of nitrogens with one attached hydrogen (secondary N) is 2. The summed E-state index contributed by atoms with van der Waals surface area (Å²) in [4.78, 5) is 37.1. The molecule has 146 valence electrons. The van der Waals surface area contributed by atoms with E-state index in [1.807, 2.05) is 32.1 Å². The molecule has 0 aliphatic carbocycles. The molecule has 0 radical (unpaired) electrons. The number of anilines is 1. The Kier molecular flexibility index (Phi) is 5.80. The van der Waals surface area contributed by atoms with E-state index in [0.29, 0.717) is 37.8 Å². The maximum atomic E-state index is 12.3. The van der Waals surface area contributed by atoms with Crippen LogP contribution in [0.3, 0.4) is 0 Å². The molecule has 27 heavy (non-hydrogen) atoms. The van der Waals surface area contributed by atoms with Gasteiger partial charge in [0.1, 0.15) is 0 Å². The van der Waals surface area contributed by atoms with Crippen LogP contribution in [0.1, 0.15) is 17.7 Å². The minimum atomic E-state index is -0.163. The first-order valence-corrected chi connectivity index (χ1v) is 8.94. The largest absolute Gasteiger partial charge is 0.472 e. The third-order valence-corrected chi connectivity index (χ3v) is 4.71. The Morgan fingerprint density at radius 2 is 2.26 bits per heavy atom. The van der Waals surface area contributed by atoms with Gasteiger partial charge in [0.2, 0.25) is 5.95 Å². The lowest BCUT2D eigenvalue weighted by Gasteiger charge is -2.24. The molecule has 2 aromatic heterocycles. The lowest BCUT2D eigenvalue weighted by molar-refractivity contribution is 0.196. The van der Waals surface area contributed by atoms with E-state index in [0.717, 1.165) is 12.0 Å². The summed E-state index contributed by atoms with van der Waals surface area (Å²) in [6.07, 6.45) is 4.10. The third kappa shape index (κ3) is 4.88. The average molecular weight is 374 g/mol. The van der Waals surface area contributed by atoms with Crippen LogP contribution in [0.25, 0.3) is 0 Å². The zero-order valence-corrected chi connectivity index (χ0v) is 15.9. The lowest BCUT2D eigenvalue weighted by Crippen LogP contribution is -2.41. The Morgan fingerprint density at radius 1 is 1.44 bits per heavy atom. The fraction of sp³-hybridized carbons (Fsp3) is 0.500. The summed E-state index contributed by atoms with van der Waals surface area (Å²) in [5, 5.41) is 2.91. The summed E-state index contributed by atoms with van der Waals surface area (Å²) >= 11 is 0. The highest BCUT2D eigenvalue weighted by Gasteiger charge is 2.29. The van der Waals surface area contributed by atoms with E-state index in [-0.39, 0.29) is 17.6 Å². The molecule has 1 aliphatic rings. The Bertz CT molecular complexity index is 817. The molecule has 2 amide bonds. The third-order valence-electron chi connectivity index (χ3n) is 4.71. The maximum Gasteiger partial charge on any atom is 0.317 e. The molecule has 2 N–H and O–H groups in total. The number of carbonyl (C=O) groups excluding carboxylic acids is 1. The van der Waals surface area contributed by atoms with Crippen molar-refractivity contribution in [1.29, 1.82) is 0 Å². The fourth-order valence-corrected chi connectivity index (χ4v) is 3.14. The topological polar surface area (TPSA) is 97.7 Å². The SMILES string of the molecule is CN(C)c1nc(CN(C)[C@@H]2CCN(C(=O)NCc3ccoc3)C2)cc(=O)[nH]1. The molecule has 0 spiro atoms. The predicted octanol–water partition coefficient (Wildman–Crippen LogP) is 0.845. The number of likely N-dealkylation sites (N-methyl/N-ethyl adjacent to an activating group) is 1. The van der Waals surface area contributed by atoms with Crippen molar-refractivity contribution in [3.05, 3.63) is 46.3 Å². The fourth-order valence-electron chi connectivity index (χ4n) is 3.14. The van der Waals surface area contributed by atoms with Gasteiger partial charge in [0, 0.05) is 57.9 Å². The molecule has 9 nitrogen and oxygen atoms in total. The maximum absolute atomic E-state index is 12.3. The smallest absolute Gasteiger partial charge is 0.317 e. The molecular weight excluding hydrogens is 348 g/mol. The van der Waals surface area contributed by atoms with Crippen molar-refractivity contribution in [2.45, 2.75) is 25.6 Å². The molecule has 1 aliphatic heterocycles. The van der Waals surface area contributed by atoms with Crippen LogP contribution in [0.2, 0.25) is 0 Å². The van der Waals surface area contributed by atoms with Crippen molar-refractivity contribution < 1.29 is 9.21 Å². The molecule has 0 unspecified atom stereocenters. The number of aromatic amines is 1. The second-order valence-electron chi connectivity index (χ2n) is 7.05. The summed E-state index contributed by atoms with van der Waals surface area (Å²) in [6, 6.07) is 3.51. The number of nitrogens with zero attached hydrogens (tertiary/aromatic N) is 4. The number of rotatable bonds is 6. The van der Waals surface area contributed by atoms with Gasteiger partial charge in [-0.1, -0.05) is 0 Å². The van der Waals surface area contributed by atoms with Gasteiger partial charge in [-0.15, -0.1) is 0 Å². The number of furan rings is 1. The van der Waals surface area contributed by atoms with Crippen molar-refractivity contribution in [2.75, 3.05) is 39.1 Å². The standard InChI is InChI=1S/C18H26N6O3/c1-22(2)17-20-14(8-16(25)21-17)10-23(3)15-4-6-24(11-15)18(26)19-9-13-5-7-27-12-13/h5,7-8,12,15H,4,6,9-11H2,1-3H3,(H,19,26)(H,20,21,25)/t15-/m1/s1. The molecule has 0 bridgehead atoms. The minimum Gasteiger partial charge on any atom is -0.472 e. The van der Waals surface area contributed by atoms with Crippen molar-refractivity contribution in [3.63, 3.8) is 0 Å². The molecule has 0 saturated carbocycles. The number of amides is 2. The van der Waals surface area contributed by atoms with Crippen LogP contribution in [0.5, 0.6) is 0 Å². The zero-order chi connectivity index (χ0) is 19.4. The van der Waals surface area contributed by atoms with Crippen molar-refractivity contribution in [1.82, 2.24) is 25.1 Å². The summed E-state index contributed by atoms with van der Waals surface area (Å²) in [7, 11) is 5.67. The first-order chi connectivity index (χ1) is 12.9. The van der Waals surface area contributed by atoms with Gasteiger partial charge < -0.3 is 19.5 Å². The predicted molar refractivity (Wildman–Crippen MR) is 102 cm³/mol. The number of carbonyl (C=O) groups is 1. The molecular formula is C18H26N6O3. The van der Waals surface area contributed by atoms with Crippen molar-refractivity contribution in [2.24, 2.45) is 0 Å². The van der Waals surface area contributed by atoms with Gasteiger partial charge in [-0.05, 0) is 19.5 Å². The van der Waals surface area contributed by atoms with E-state index in [9.17, 15) is 9.59 Å². The monoisotopic (exact) mass is 374 g/mol. The molecule has 3 rings (SSSR count). The van der Waals surface area contributed by atoms with Crippen LogP contribution in [0.4, 0.5) is 10.7 Å². The van der Waals surface area contributed by atoms with E-state index in [2.05, 4.69) is 20.2 Å². The number of hydrogen-bond acceptors (Lipinski definition) is 6. The van der Waals surface area contributed by atoms with Gasteiger partial charge >= 0.3 is 6.03 Å².